The molecular formula is C32H35ClN2. The molecule has 1 heterocycles. The van der Waals surface area contributed by atoms with Crippen molar-refractivity contribution in [1.82, 2.24) is 4.57 Å². The quantitative estimate of drug-likeness (QED) is 0.301. The van der Waals surface area contributed by atoms with Gasteiger partial charge >= 0.3 is 0 Å². The average Bonchev–Trinajstić information content (AvgIpc) is 3.17. The number of halogens is 1. The highest BCUT2D eigenvalue weighted by Gasteiger charge is 2.59. The number of anilines is 1. The monoisotopic (exact) mass is 482 g/mol. The number of benzene rings is 3. The first-order chi connectivity index (χ1) is 17.0. The van der Waals surface area contributed by atoms with Crippen LogP contribution in [0.4, 0.5) is 5.69 Å². The Hall–Kier alpha value is -2.45. The first-order valence-corrected chi connectivity index (χ1v) is 14.0. The smallest absolute Gasteiger partial charge is 0.0531 e. The molecule has 2 nitrogen and oxygen atoms in total. The van der Waals surface area contributed by atoms with Crippen LogP contribution < -0.4 is 5.32 Å². The van der Waals surface area contributed by atoms with Crippen LogP contribution in [0.5, 0.6) is 0 Å². The van der Waals surface area contributed by atoms with Gasteiger partial charge in [-0.1, -0.05) is 41.9 Å². The summed E-state index contributed by atoms with van der Waals surface area (Å²) < 4.78 is 2.60. The minimum absolute atomic E-state index is 0.245. The summed E-state index contributed by atoms with van der Waals surface area (Å²) in [5.74, 6) is 1.65. The standard InChI is InChI=1S/C32H35ClN2/c1-3-34-25-14-27-26-7-5-6-8-29(26)35(4-2)30(27)28(15-25)32-18-21-13-22(19-32)17-31(16-21,20-32)23-9-11-24(33)12-10-23/h5-12,14-15,21-22,34H,3-4,13,16-20H2,1-2H3. The predicted molar refractivity (Wildman–Crippen MR) is 149 cm³/mol. The van der Waals surface area contributed by atoms with Crippen molar-refractivity contribution >= 4 is 39.1 Å². The molecule has 4 aliphatic carbocycles. The first kappa shape index (κ1) is 21.8. The zero-order valence-corrected chi connectivity index (χ0v) is 21.7. The van der Waals surface area contributed by atoms with E-state index in [1.165, 1.54) is 71.6 Å². The zero-order chi connectivity index (χ0) is 23.8. The van der Waals surface area contributed by atoms with Gasteiger partial charge in [0.25, 0.3) is 0 Å². The van der Waals surface area contributed by atoms with Crippen molar-refractivity contribution in [1.29, 1.82) is 0 Å². The Kier molecular flexibility index (Phi) is 4.84. The third-order valence-electron chi connectivity index (χ3n) is 9.65. The molecule has 4 fully saturated rings. The summed E-state index contributed by atoms with van der Waals surface area (Å²) in [4.78, 5) is 0. The van der Waals surface area contributed by atoms with Gasteiger partial charge in [-0.05, 0) is 116 Å². The highest BCUT2D eigenvalue weighted by molar-refractivity contribution is 6.30. The molecule has 4 aliphatic rings. The van der Waals surface area contributed by atoms with E-state index in [1.807, 2.05) is 0 Å². The van der Waals surface area contributed by atoms with Gasteiger partial charge in [0.15, 0.2) is 0 Å². The third-order valence-corrected chi connectivity index (χ3v) is 9.90. The molecule has 3 aromatic carbocycles. The lowest BCUT2D eigenvalue weighted by Gasteiger charge is -2.63. The fourth-order valence-electron chi connectivity index (χ4n) is 8.95. The summed E-state index contributed by atoms with van der Waals surface area (Å²) in [6.07, 6.45) is 8.07. The summed E-state index contributed by atoms with van der Waals surface area (Å²) in [6.45, 7) is 6.47. The number of hydrogen-bond donors (Lipinski definition) is 1. The number of nitrogens with one attached hydrogen (secondary N) is 1. The molecule has 0 aliphatic heterocycles. The molecule has 4 saturated carbocycles. The second kappa shape index (κ2) is 7.77. The van der Waals surface area contributed by atoms with Crippen molar-refractivity contribution in [3.8, 4) is 0 Å². The molecule has 35 heavy (non-hydrogen) atoms. The summed E-state index contributed by atoms with van der Waals surface area (Å²) >= 11 is 6.32. The summed E-state index contributed by atoms with van der Waals surface area (Å²) in [6, 6.07) is 22.9. The molecule has 0 saturated heterocycles. The minimum atomic E-state index is 0.245. The van der Waals surface area contributed by atoms with E-state index >= 15 is 0 Å². The van der Waals surface area contributed by atoms with Crippen LogP contribution in [-0.2, 0) is 17.4 Å². The Morgan fingerprint density at radius 2 is 1.60 bits per heavy atom. The lowest BCUT2D eigenvalue weighted by molar-refractivity contribution is -0.0276. The first-order valence-electron chi connectivity index (χ1n) is 13.6. The van der Waals surface area contributed by atoms with E-state index in [9.17, 15) is 0 Å². The molecule has 3 heteroatoms. The molecule has 2 unspecified atom stereocenters. The van der Waals surface area contributed by atoms with Gasteiger partial charge in [0.1, 0.15) is 0 Å². The van der Waals surface area contributed by atoms with Crippen molar-refractivity contribution in [2.24, 2.45) is 11.8 Å². The molecule has 1 aromatic heterocycles. The Morgan fingerprint density at radius 3 is 2.31 bits per heavy atom. The number of fused-ring (bicyclic) bond motifs is 3. The number of rotatable bonds is 5. The molecule has 0 amide bonds. The van der Waals surface area contributed by atoms with E-state index in [4.69, 9.17) is 11.6 Å². The third kappa shape index (κ3) is 3.15. The topological polar surface area (TPSA) is 17.0 Å². The number of para-hydroxylation sites is 1. The molecule has 4 bridgehead atoms. The predicted octanol–water partition coefficient (Wildman–Crippen LogP) is 8.69. The molecule has 0 spiro atoms. The molecule has 1 N–H and O–H groups in total. The fraction of sp³-hybridized carbons (Fsp3) is 0.438. The van der Waals surface area contributed by atoms with E-state index in [-0.39, 0.29) is 10.8 Å². The van der Waals surface area contributed by atoms with Crippen LogP contribution in [0.2, 0.25) is 5.02 Å². The van der Waals surface area contributed by atoms with Crippen LogP contribution in [0.1, 0.15) is 63.5 Å². The van der Waals surface area contributed by atoms with Crippen molar-refractivity contribution in [2.45, 2.75) is 69.7 Å². The maximum atomic E-state index is 6.32. The van der Waals surface area contributed by atoms with Crippen molar-refractivity contribution in [3.63, 3.8) is 0 Å². The second-order valence-corrected chi connectivity index (χ2v) is 12.2. The van der Waals surface area contributed by atoms with E-state index in [0.29, 0.717) is 0 Å². The van der Waals surface area contributed by atoms with Crippen LogP contribution in [0.15, 0.2) is 60.7 Å². The van der Waals surface area contributed by atoms with Crippen LogP contribution in [0.25, 0.3) is 21.8 Å². The molecule has 8 rings (SSSR count). The van der Waals surface area contributed by atoms with Gasteiger partial charge in [0.05, 0.1) is 5.52 Å². The van der Waals surface area contributed by atoms with E-state index < -0.39 is 0 Å². The maximum Gasteiger partial charge on any atom is 0.0531 e. The SMILES string of the molecule is CCNc1cc(C23CC4CC(CC(c5ccc(Cl)cc5)(C4)C2)C3)c2c(c1)c1ccccc1n2CC. The highest BCUT2D eigenvalue weighted by Crippen LogP contribution is 2.67. The van der Waals surface area contributed by atoms with Gasteiger partial charge in [-0.15, -0.1) is 0 Å². The molecule has 180 valence electrons. The Morgan fingerprint density at radius 1 is 0.886 bits per heavy atom. The van der Waals surface area contributed by atoms with Gasteiger partial charge in [-0.25, -0.2) is 0 Å². The van der Waals surface area contributed by atoms with E-state index in [0.717, 1.165) is 29.9 Å². The van der Waals surface area contributed by atoms with Crippen molar-refractivity contribution < 1.29 is 0 Å². The Balaban J connectivity index is 1.49. The summed E-state index contributed by atoms with van der Waals surface area (Å²) in [5.41, 5.74) is 7.81. The maximum absolute atomic E-state index is 6.32. The highest BCUT2D eigenvalue weighted by atomic mass is 35.5. The Labute approximate surface area is 213 Å². The number of aromatic nitrogens is 1. The van der Waals surface area contributed by atoms with Crippen LogP contribution in [0.3, 0.4) is 0 Å². The van der Waals surface area contributed by atoms with Gasteiger partial charge < -0.3 is 9.88 Å². The van der Waals surface area contributed by atoms with Crippen LogP contribution in [0, 0.1) is 11.8 Å². The van der Waals surface area contributed by atoms with Gasteiger partial charge in [0.2, 0.25) is 0 Å². The molecular weight excluding hydrogens is 448 g/mol. The van der Waals surface area contributed by atoms with Gasteiger partial charge in [0, 0.05) is 40.1 Å². The van der Waals surface area contributed by atoms with E-state index in [1.54, 1.807) is 5.56 Å². The molecule has 2 atom stereocenters. The lowest BCUT2D eigenvalue weighted by Crippen LogP contribution is -2.56. The second-order valence-electron chi connectivity index (χ2n) is 11.7. The van der Waals surface area contributed by atoms with Crippen LogP contribution in [-0.4, -0.2) is 11.1 Å². The number of nitrogens with zero attached hydrogens (tertiary/aromatic N) is 1. The van der Waals surface area contributed by atoms with Crippen molar-refractivity contribution in [2.75, 3.05) is 11.9 Å². The van der Waals surface area contributed by atoms with E-state index in [2.05, 4.69) is 84.4 Å². The van der Waals surface area contributed by atoms with Crippen LogP contribution >= 0.6 is 11.6 Å². The van der Waals surface area contributed by atoms with Gasteiger partial charge in [-0.3, -0.25) is 0 Å². The van der Waals surface area contributed by atoms with Crippen molar-refractivity contribution in [3.05, 3.63) is 76.8 Å². The minimum Gasteiger partial charge on any atom is -0.385 e. The summed E-state index contributed by atoms with van der Waals surface area (Å²) in [7, 11) is 0. The summed E-state index contributed by atoms with van der Waals surface area (Å²) in [5, 5.41) is 7.35. The molecule has 4 aromatic rings. The number of aryl methyl sites for hydroxylation is 1. The fourth-order valence-corrected chi connectivity index (χ4v) is 9.07. The Bertz CT molecular complexity index is 1420. The van der Waals surface area contributed by atoms with Gasteiger partial charge in [-0.2, -0.15) is 0 Å². The largest absolute Gasteiger partial charge is 0.385 e. The lowest BCUT2D eigenvalue weighted by atomic mass is 9.41. The average molecular weight is 483 g/mol. The number of hydrogen-bond acceptors (Lipinski definition) is 1. The normalized spacial score (nSPS) is 29.3. The molecule has 0 radical (unpaired) electrons. The zero-order valence-electron chi connectivity index (χ0n) is 20.9.